The molecule has 1 aliphatic rings. The largest absolute Gasteiger partial charge is 0.409 e. The molecule has 122 valence electrons. The van der Waals surface area contributed by atoms with Crippen LogP contribution in [0, 0.1) is 0 Å². The molecule has 4 heteroatoms. The molecule has 1 rings (SSSR count). The Morgan fingerprint density at radius 1 is 1.38 bits per heavy atom. The van der Waals surface area contributed by atoms with Gasteiger partial charge in [-0.05, 0) is 55.6 Å². The Morgan fingerprint density at radius 2 is 2.05 bits per heavy atom. The van der Waals surface area contributed by atoms with E-state index in [0.29, 0.717) is 0 Å². The molecule has 0 spiro atoms. The van der Waals surface area contributed by atoms with Crippen molar-refractivity contribution in [2.24, 2.45) is 0 Å². The maximum absolute atomic E-state index is 10.2. The Bertz CT molecular complexity index is 358. The second-order valence-corrected chi connectivity index (χ2v) is 11.8. The minimum absolute atomic E-state index is 0.0408. The monoisotopic (exact) mass is 422 g/mol. The highest BCUT2D eigenvalue weighted by Crippen LogP contribution is 2.26. The first-order valence-corrected chi connectivity index (χ1v) is 12.6. The summed E-state index contributed by atoms with van der Waals surface area (Å²) in [7, 11) is -1.44. The molecule has 1 aliphatic carbocycles. The van der Waals surface area contributed by atoms with Gasteiger partial charge in [-0.3, -0.25) is 4.79 Å². The van der Waals surface area contributed by atoms with Crippen molar-refractivity contribution < 1.29 is 9.22 Å². The van der Waals surface area contributed by atoms with E-state index in [2.05, 4.69) is 66.2 Å². The Kier molecular flexibility index (Phi) is 10.8. The standard InChI is InChI=1S/C12H25IOSi.C5H6O/c1-6-7-8-9-12(2,10-11-13)14-15(3,4)5;6-5-3-1-2-4-5/h10-11H,6-9H2,1-5H3;1,3H,2,4H2/b11-10+;. The minimum Gasteiger partial charge on any atom is -0.409 e. The molecule has 2 nitrogen and oxygen atoms in total. The van der Waals surface area contributed by atoms with Crippen LogP contribution >= 0.6 is 22.6 Å². The lowest BCUT2D eigenvalue weighted by Gasteiger charge is -2.34. The van der Waals surface area contributed by atoms with Crippen molar-refractivity contribution in [3.05, 3.63) is 22.3 Å². The van der Waals surface area contributed by atoms with Crippen LogP contribution in [-0.2, 0) is 9.22 Å². The number of hydrogen-bond donors (Lipinski definition) is 0. The third-order valence-corrected chi connectivity index (χ3v) is 4.53. The zero-order valence-corrected chi connectivity index (χ0v) is 17.4. The maximum Gasteiger partial charge on any atom is 0.184 e. The van der Waals surface area contributed by atoms with E-state index in [4.69, 9.17) is 4.43 Å². The number of rotatable bonds is 7. The SMILES string of the molecule is CCCCCC(C)(/C=C/I)O[Si](C)(C)C.O=C1C=CCC1. The van der Waals surface area contributed by atoms with Crippen molar-refractivity contribution in [3.8, 4) is 0 Å². The van der Waals surface area contributed by atoms with Crippen molar-refractivity contribution in [2.45, 2.75) is 77.6 Å². The molecule has 0 saturated heterocycles. The molecule has 0 N–H and O–H groups in total. The van der Waals surface area contributed by atoms with Gasteiger partial charge >= 0.3 is 0 Å². The van der Waals surface area contributed by atoms with Crippen LogP contribution < -0.4 is 0 Å². The van der Waals surface area contributed by atoms with Gasteiger partial charge in [-0.2, -0.15) is 0 Å². The predicted molar refractivity (Wildman–Crippen MR) is 104 cm³/mol. The average Bonchev–Trinajstić information content (AvgIpc) is 2.79. The molecule has 0 aromatic carbocycles. The van der Waals surface area contributed by atoms with E-state index in [-0.39, 0.29) is 11.4 Å². The van der Waals surface area contributed by atoms with E-state index in [1.807, 2.05) is 6.08 Å². The highest BCUT2D eigenvalue weighted by Gasteiger charge is 2.28. The Labute approximate surface area is 145 Å². The van der Waals surface area contributed by atoms with E-state index in [1.165, 1.54) is 19.3 Å². The van der Waals surface area contributed by atoms with Crippen molar-refractivity contribution in [2.75, 3.05) is 0 Å². The smallest absolute Gasteiger partial charge is 0.184 e. The molecule has 0 aromatic rings. The Hall–Kier alpha value is 0.0569. The van der Waals surface area contributed by atoms with Gasteiger partial charge in [-0.15, -0.1) is 0 Å². The molecular weight excluding hydrogens is 391 g/mol. The second-order valence-electron chi connectivity index (χ2n) is 6.68. The molecule has 21 heavy (non-hydrogen) atoms. The fraction of sp³-hybridized carbons (Fsp3) is 0.706. The number of unbranched alkanes of at least 4 members (excludes halogenated alkanes) is 2. The van der Waals surface area contributed by atoms with Gasteiger partial charge in [0.1, 0.15) is 0 Å². The van der Waals surface area contributed by atoms with Crippen molar-refractivity contribution >= 4 is 36.7 Å². The van der Waals surface area contributed by atoms with Crippen LogP contribution in [0.25, 0.3) is 0 Å². The molecule has 0 heterocycles. The average molecular weight is 422 g/mol. The number of carbonyl (C=O) groups is 1. The molecular formula is C17H31IO2Si. The molecule has 1 atom stereocenters. The van der Waals surface area contributed by atoms with E-state index < -0.39 is 8.32 Å². The Morgan fingerprint density at radius 3 is 2.38 bits per heavy atom. The molecule has 0 bridgehead atoms. The second kappa shape index (κ2) is 10.7. The minimum atomic E-state index is -1.44. The lowest BCUT2D eigenvalue weighted by atomic mass is 9.99. The lowest BCUT2D eigenvalue weighted by molar-refractivity contribution is -0.114. The van der Waals surface area contributed by atoms with Gasteiger partial charge in [-0.25, -0.2) is 0 Å². The van der Waals surface area contributed by atoms with Gasteiger partial charge in [0.25, 0.3) is 0 Å². The van der Waals surface area contributed by atoms with Crippen LogP contribution in [0.5, 0.6) is 0 Å². The van der Waals surface area contributed by atoms with E-state index in [9.17, 15) is 4.79 Å². The predicted octanol–water partition coefficient (Wildman–Crippen LogP) is 6.03. The molecule has 0 radical (unpaired) electrons. The molecule has 0 amide bonds. The van der Waals surface area contributed by atoms with Crippen LogP contribution in [0.4, 0.5) is 0 Å². The zero-order chi connectivity index (χ0) is 16.4. The number of halogens is 1. The van der Waals surface area contributed by atoms with Crippen LogP contribution in [0.3, 0.4) is 0 Å². The third-order valence-electron chi connectivity index (χ3n) is 3.09. The van der Waals surface area contributed by atoms with Crippen LogP contribution in [0.15, 0.2) is 22.3 Å². The summed E-state index contributed by atoms with van der Waals surface area (Å²) in [4.78, 5) is 10.2. The molecule has 0 saturated carbocycles. The molecule has 0 aromatic heterocycles. The summed E-state index contributed by atoms with van der Waals surface area (Å²) >= 11 is 2.28. The summed E-state index contributed by atoms with van der Waals surface area (Å²) < 4.78 is 8.35. The number of allylic oxidation sites excluding steroid dienone is 2. The summed E-state index contributed by atoms with van der Waals surface area (Å²) in [6.45, 7) is 11.2. The normalized spacial score (nSPS) is 17.7. The number of carbonyl (C=O) groups excluding carboxylic acids is 1. The topological polar surface area (TPSA) is 26.3 Å². The zero-order valence-electron chi connectivity index (χ0n) is 14.2. The van der Waals surface area contributed by atoms with Crippen molar-refractivity contribution in [3.63, 3.8) is 0 Å². The van der Waals surface area contributed by atoms with Gasteiger partial charge in [0.15, 0.2) is 14.1 Å². The number of ketones is 1. The van der Waals surface area contributed by atoms with E-state index >= 15 is 0 Å². The third kappa shape index (κ3) is 12.3. The lowest BCUT2D eigenvalue weighted by Crippen LogP contribution is -2.39. The molecule has 1 unspecified atom stereocenters. The van der Waals surface area contributed by atoms with Gasteiger partial charge in [0.2, 0.25) is 0 Å². The summed E-state index contributed by atoms with van der Waals surface area (Å²) in [5.41, 5.74) is -0.0408. The first-order valence-electron chi connectivity index (χ1n) is 7.90. The summed E-state index contributed by atoms with van der Waals surface area (Å²) in [5.74, 6) is 0.273. The quantitative estimate of drug-likeness (QED) is 0.284. The maximum atomic E-state index is 10.2. The van der Waals surface area contributed by atoms with Crippen LogP contribution in [0.2, 0.25) is 19.6 Å². The number of hydrogen-bond acceptors (Lipinski definition) is 2. The van der Waals surface area contributed by atoms with Gasteiger partial charge in [-0.1, -0.05) is 54.9 Å². The molecule has 0 fully saturated rings. The Balaban J connectivity index is 0.000000547. The highest BCUT2D eigenvalue weighted by atomic mass is 127. The summed E-state index contributed by atoms with van der Waals surface area (Å²) in [5, 5.41) is 0. The summed E-state index contributed by atoms with van der Waals surface area (Å²) in [6.07, 6.45) is 12.4. The van der Waals surface area contributed by atoms with Crippen molar-refractivity contribution in [1.29, 1.82) is 0 Å². The van der Waals surface area contributed by atoms with Gasteiger partial charge in [0, 0.05) is 6.42 Å². The van der Waals surface area contributed by atoms with Gasteiger partial charge < -0.3 is 4.43 Å². The first-order chi connectivity index (χ1) is 9.72. The van der Waals surface area contributed by atoms with Crippen LogP contribution in [-0.4, -0.2) is 19.7 Å². The molecule has 0 aliphatic heterocycles. The van der Waals surface area contributed by atoms with Crippen molar-refractivity contribution in [1.82, 2.24) is 0 Å². The van der Waals surface area contributed by atoms with Gasteiger partial charge in [0.05, 0.1) is 5.60 Å². The first kappa shape index (κ1) is 21.1. The highest BCUT2D eigenvalue weighted by molar-refractivity contribution is 14.1. The van der Waals surface area contributed by atoms with E-state index in [1.54, 1.807) is 6.08 Å². The fourth-order valence-corrected chi connectivity index (χ4v) is 4.58. The summed E-state index contributed by atoms with van der Waals surface area (Å²) in [6, 6.07) is 0. The van der Waals surface area contributed by atoms with E-state index in [0.717, 1.165) is 19.3 Å². The fourth-order valence-electron chi connectivity index (χ4n) is 2.25. The van der Waals surface area contributed by atoms with Crippen LogP contribution in [0.1, 0.15) is 52.4 Å².